The average Bonchev–Trinajstić information content (AvgIpc) is 3.04. The van der Waals surface area contributed by atoms with Crippen molar-refractivity contribution in [3.05, 3.63) is 120 Å². The molecular formula is C34H26CaN4O8S2. The molecule has 244 valence electrons. The molecule has 0 aliphatic heterocycles. The predicted molar refractivity (Wildman–Crippen MR) is 183 cm³/mol. The number of aromatic hydroxyl groups is 1. The van der Waals surface area contributed by atoms with Gasteiger partial charge in [-0.3, -0.25) is 4.55 Å². The quantitative estimate of drug-likeness (QED) is 0.0988. The molecule has 0 fully saturated rings. The fourth-order valence-corrected chi connectivity index (χ4v) is 6.11. The van der Waals surface area contributed by atoms with Crippen LogP contribution < -0.4 is 5.11 Å². The fourth-order valence-electron chi connectivity index (χ4n) is 4.71. The molecule has 0 bridgehead atoms. The molecule has 0 saturated heterocycles. The minimum Gasteiger partial charge on any atom is -0.871 e. The fraction of sp³-hybridized carbons (Fsp3) is 0.0588. The molecular weight excluding hydrogens is 697 g/mol. The number of phenolic OH excluding ortho intramolecular Hbond substituents is 1. The molecule has 0 saturated carbocycles. The van der Waals surface area contributed by atoms with Crippen LogP contribution in [0.15, 0.2) is 139 Å². The van der Waals surface area contributed by atoms with Crippen LogP contribution in [0.5, 0.6) is 11.5 Å². The van der Waals surface area contributed by atoms with Crippen LogP contribution in [0, 0.1) is 13.8 Å². The van der Waals surface area contributed by atoms with Crippen molar-refractivity contribution in [1.29, 1.82) is 0 Å². The average molecular weight is 723 g/mol. The number of phenols is 1. The summed E-state index contributed by atoms with van der Waals surface area (Å²) >= 11 is 0. The van der Waals surface area contributed by atoms with Crippen molar-refractivity contribution in [2.75, 3.05) is 0 Å². The van der Waals surface area contributed by atoms with Crippen LogP contribution in [-0.4, -0.2) is 68.8 Å². The topological polar surface area (TPSA) is 204 Å². The number of hydrogen-bond acceptors (Lipinski definition) is 11. The zero-order chi connectivity index (χ0) is 34.6. The minimum atomic E-state index is -4.69. The van der Waals surface area contributed by atoms with E-state index in [4.69, 9.17) is 0 Å². The zero-order valence-electron chi connectivity index (χ0n) is 26.0. The van der Waals surface area contributed by atoms with E-state index in [0.717, 1.165) is 10.8 Å². The molecule has 6 aromatic rings. The first-order valence-electron chi connectivity index (χ1n) is 14.1. The normalized spacial score (nSPS) is 11.8. The molecule has 6 rings (SSSR count). The molecule has 6 aromatic carbocycles. The second-order valence-corrected chi connectivity index (χ2v) is 13.3. The minimum absolute atomic E-state index is 0. The largest absolute Gasteiger partial charge is 2.00 e. The molecule has 0 aliphatic rings. The van der Waals surface area contributed by atoms with Crippen LogP contribution in [0.25, 0.3) is 21.5 Å². The van der Waals surface area contributed by atoms with Gasteiger partial charge in [-0.05, 0) is 66.1 Å². The number of benzene rings is 6. The summed E-state index contributed by atoms with van der Waals surface area (Å²) in [6.07, 6.45) is 0. The molecule has 0 radical (unpaired) electrons. The maximum atomic E-state index is 12.1. The van der Waals surface area contributed by atoms with Gasteiger partial charge in [0.25, 0.3) is 10.1 Å². The molecule has 0 aliphatic carbocycles. The maximum Gasteiger partial charge on any atom is 2.00 e. The maximum absolute atomic E-state index is 12.1. The Balaban J connectivity index is 0.000000216. The number of nitrogens with zero attached hydrogens (tertiary/aromatic N) is 4. The van der Waals surface area contributed by atoms with Crippen molar-refractivity contribution < 1.29 is 36.2 Å². The standard InChI is InChI=1S/2C17H14N2O4S.Ca/c2*1-11-6-8-14(16(10-11)24(21,22)23)18-19-17-13-5-3-2-4-12(13)7-9-15(17)20;/h2*2-10,20H,1H3,(H,21,22,23);/q;;+2/p-2. The Morgan fingerprint density at radius 1 is 0.592 bits per heavy atom. The molecule has 0 spiro atoms. The molecule has 49 heavy (non-hydrogen) atoms. The molecule has 15 heteroatoms. The second-order valence-electron chi connectivity index (χ2n) is 10.6. The third-order valence-electron chi connectivity index (χ3n) is 7.04. The number of rotatable bonds is 6. The van der Waals surface area contributed by atoms with Crippen molar-refractivity contribution in [2.24, 2.45) is 20.5 Å². The van der Waals surface area contributed by atoms with Gasteiger partial charge in [0.05, 0.1) is 10.6 Å². The van der Waals surface area contributed by atoms with Gasteiger partial charge in [0.1, 0.15) is 37.8 Å². The molecule has 0 atom stereocenters. The van der Waals surface area contributed by atoms with Crippen LogP contribution in [-0.2, 0) is 20.2 Å². The Morgan fingerprint density at radius 3 is 1.61 bits per heavy atom. The van der Waals surface area contributed by atoms with Gasteiger partial charge in [0.15, 0.2) is 0 Å². The van der Waals surface area contributed by atoms with Gasteiger partial charge in [-0.2, -0.15) is 13.5 Å². The number of hydrogen-bond donors (Lipinski definition) is 2. The molecule has 0 aromatic heterocycles. The summed E-state index contributed by atoms with van der Waals surface area (Å²) in [5.41, 5.74) is 1.50. The number of fused-ring (bicyclic) bond motifs is 2. The monoisotopic (exact) mass is 722 g/mol. The van der Waals surface area contributed by atoms with Gasteiger partial charge in [0.2, 0.25) is 0 Å². The van der Waals surface area contributed by atoms with E-state index in [9.17, 15) is 36.2 Å². The van der Waals surface area contributed by atoms with Gasteiger partial charge in [-0.25, -0.2) is 8.42 Å². The van der Waals surface area contributed by atoms with Gasteiger partial charge in [-0.1, -0.05) is 84.6 Å². The Bertz CT molecular complexity index is 2300. The van der Waals surface area contributed by atoms with Crippen molar-refractivity contribution >= 4 is 102 Å². The van der Waals surface area contributed by atoms with E-state index in [-0.39, 0.29) is 76.9 Å². The van der Waals surface area contributed by atoms with E-state index in [1.54, 1.807) is 62.4 Å². The van der Waals surface area contributed by atoms with Gasteiger partial charge in [0, 0.05) is 10.8 Å². The van der Waals surface area contributed by atoms with Crippen molar-refractivity contribution in [3.8, 4) is 11.5 Å². The van der Waals surface area contributed by atoms with E-state index in [1.807, 2.05) is 24.3 Å². The smallest absolute Gasteiger partial charge is 0.871 e. The van der Waals surface area contributed by atoms with Crippen LogP contribution in [0.3, 0.4) is 0 Å². The Labute approximate surface area is 312 Å². The molecule has 0 unspecified atom stereocenters. The molecule has 0 amide bonds. The van der Waals surface area contributed by atoms with Gasteiger partial charge < -0.3 is 14.8 Å². The third kappa shape index (κ3) is 9.05. The van der Waals surface area contributed by atoms with E-state index < -0.39 is 25.1 Å². The van der Waals surface area contributed by atoms with E-state index in [2.05, 4.69) is 20.5 Å². The summed E-state index contributed by atoms with van der Waals surface area (Å²) in [6, 6.07) is 29.4. The van der Waals surface area contributed by atoms with Crippen molar-refractivity contribution in [2.45, 2.75) is 23.6 Å². The summed E-state index contributed by atoms with van der Waals surface area (Å²) in [6.45, 7) is 3.36. The Hall–Kier alpha value is -4.28. The molecule has 2 N–H and O–H groups in total. The van der Waals surface area contributed by atoms with E-state index >= 15 is 0 Å². The first-order valence-corrected chi connectivity index (χ1v) is 16.9. The van der Waals surface area contributed by atoms with E-state index in [0.29, 0.717) is 21.9 Å². The molecule has 12 nitrogen and oxygen atoms in total. The predicted octanol–water partition coefficient (Wildman–Crippen LogP) is 7.68. The van der Waals surface area contributed by atoms with E-state index in [1.165, 1.54) is 36.4 Å². The summed E-state index contributed by atoms with van der Waals surface area (Å²) < 4.78 is 66.5. The van der Waals surface area contributed by atoms with Gasteiger partial charge in [-0.15, -0.1) is 15.3 Å². The molecule has 0 heterocycles. The van der Waals surface area contributed by atoms with Crippen LogP contribution in [0.2, 0.25) is 0 Å². The SMILES string of the molecule is Cc1ccc(N=Nc2c(O)ccc3ccccc23)c(S(=O)(=O)O)c1.Cc1ccc(N=Nc2c([O-])ccc3ccccc23)c(S(=O)(=O)[O-])c1.[Ca+2]. The zero-order valence-corrected chi connectivity index (χ0v) is 29.9. The van der Waals surface area contributed by atoms with Crippen LogP contribution >= 0.6 is 0 Å². The van der Waals surface area contributed by atoms with Crippen molar-refractivity contribution in [3.63, 3.8) is 0 Å². The number of aryl methyl sites for hydroxylation is 2. The van der Waals surface area contributed by atoms with Crippen molar-refractivity contribution in [1.82, 2.24) is 0 Å². The van der Waals surface area contributed by atoms with Crippen LogP contribution in [0.1, 0.15) is 11.1 Å². The first-order chi connectivity index (χ1) is 22.7. The summed E-state index contributed by atoms with van der Waals surface area (Å²) in [4.78, 5) is -0.787. The third-order valence-corrected chi connectivity index (χ3v) is 8.78. The summed E-state index contributed by atoms with van der Waals surface area (Å²) in [5.74, 6) is -0.408. The van der Waals surface area contributed by atoms with Crippen LogP contribution in [0.4, 0.5) is 22.7 Å². The number of azo groups is 2. The van der Waals surface area contributed by atoms with Gasteiger partial charge >= 0.3 is 37.7 Å². The summed E-state index contributed by atoms with van der Waals surface area (Å²) in [7, 11) is -9.12. The Morgan fingerprint density at radius 2 is 1.06 bits per heavy atom. The second kappa shape index (κ2) is 15.5. The summed E-state index contributed by atoms with van der Waals surface area (Å²) in [5, 5.41) is 40.7. The first kappa shape index (κ1) is 37.5. The Kier molecular flexibility index (Phi) is 11.9.